The minimum atomic E-state index is -4.01. The summed E-state index contributed by atoms with van der Waals surface area (Å²) in [6.45, 7) is 0. The average molecular weight is 414 g/mol. The van der Waals surface area contributed by atoms with Crippen molar-refractivity contribution in [1.29, 1.82) is 0 Å². The Kier molecular flexibility index (Phi) is 4.67. The van der Waals surface area contributed by atoms with Crippen LogP contribution in [0.1, 0.15) is 0 Å². The number of nitrogen functional groups attached to an aromatic ring is 1. The van der Waals surface area contributed by atoms with E-state index in [-0.39, 0.29) is 21.3 Å². The lowest BCUT2D eigenvalue weighted by Gasteiger charge is -2.11. The van der Waals surface area contributed by atoms with E-state index < -0.39 is 15.8 Å². The Hall–Kier alpha value is -1.02. The number of sulfonamides is 1. The van der Waals surface area contributed by atoms with Gasteiger partial charge in [-0.3, -0.25) is 4.72 Å². The van der Waals surface area contributed by atoms with Gasteiger partial charge in [0, 0.05) is 4.47 Å². The molecule has 0 bridgehead atoms. The SMILES string of the molecule is Nc1cc(S(=O)(=O)Nc2ccc(Cl)c(Br)c2)c(Cl)cc1F. The third-order valence-electron chi connectivity index (χ3n) is 2.51. The van der Waals surface area contributed by atoms with Gasteiger partial charge in [0.1, 0.15) is 10.7 Å². The van der Waals surface area contributed by atoms with Gasteiger partial charge in [-0.25, -0.2) is 12.8 Å². The number of hydrogen-bond acceptors (Lipinski definition) is 3. The molecule has 0 aliphatic rings. The van der Waals surface area contributed by atoms with Gasteiger partial charge in [-0.1, -0.05) is 23.2 Å². The van der Waals surface area contributed by atoms with Crippen molar-refractivity contribution in [1.82, 2.24) is 0 Å². The molecule has 0 heterocycles. The second-order valence-corrected chi connectivity index (χ2v) is 7.36. The van der Waals surface area contributed by atoms with Crippen molar-refractivity contribution in [3.63, 3.8) is 0 Å². The van der Waals surface area contributed by atoms with E-state index in [1.807, 2.05) is 0 Å². The Morgan fingerprint density at radius 1 is 1.14 bits per heavy atom. The van der Waals surface area contributed by atoms with Crippen LogP contribution in [0.2, 0.25) is 10.0 Å². The zero-order valence-electron chi connectivity index (χ0n) is 10.2. The first-order valence-electron chi connectivity index (χ1n) is 5.43. The standard InChI is InChI=1S/C12H8BrCl2FN2O2S/c13-7-3-6(1-2-8(7)14)18-21(19,20)12-5-11(17)10(16)4-9(12)15/h1-5,18H,17H2. The highest BCUT2D eigenvalue weighted by Crippen LogP contribution is 2.30. The number of nitrogens with one attached hydrogen (secondary N) is 1. The van der Waals surface area contributed by atoms with Crippen LogP contribution in [0, 0.1) is 5.82 Å². The smallest absolute Gasteiger partial charge is 0.263 e. The van der Waals surface area contributed by atoms with Crippen molar-refractivity contribution in [2.45, 2.75) is 4.90 Å². The molecular weight excluding hydrogens is 406 g/mol. The van der Waals surface area contributed by atoms with Gasteiger partial charge >= 0.3 is 0 Å². The molecule has 0 saturated carbocycles. The molecule has 0 aromatic heterocycles. The quantitative estimate of drug-likeness (QED) is 0.737. The molecule has 9 heteroatoms. The largest absolute Gasteiger partial charge is 0.396 e. The first kappa shape index (κ1) is 16.4. The monoisotopic (exact) mass is 412 g/mol. The number of anilines is 2. The third kappa shape index (κ3) is 3.60. The second-order valence-electron chi connectivity index (χ2n) is 4.04. The molecule has 0 fully saturated rings. The summed E-state index contributed by atoms with van der Waals surface area (Å²) in [7, 11) is -4.01. The van der Waals surface area contributed by atoms with Crippen LogP contribution >= 0.6 is 39.1 Å². The molecular formula is C12H8BrCl2FN2O2S. The topological polar surface area (TPSA) is 72.2 Å². The van der Waals surface area contributed by atoms with Gasteiger partial charge in [0.2, 0.25) is 0 Å². The van der Waals surface area contributed by atoms with Gasteiger partial charge in [-0.05, 0) is 46.3 Å². The predicted molar refractivity (Wildman–Crippen MR) is 85.8 cm³/mol. The van der Waals surface area contributed by atoms with Gasteiger partial charge in [0.05, 0.1) is 21.4 Å². The molecule has 4 nitrogen and oxygen atoms in total. The molecule has 2 rings (SSSR count). The molecule has 0 amide bonds. The van der Waals surface area contributed by atoms with Crippen LogP contribution < -0.4 is 10.5 Å². The van der Waals surface area contributed by atoms with Crippen molar-refractivity contribution in [3.8, 4) is 0 Å². The Morgan fingerprint density at radius 2 is 1.81 bits per heavy atom. The van der Waals surface area contributed by atoms with Gasteiger partial charge < -0.3 is 5.73 Å². The van der Waals surface area contributed by atoms with Crippen LogP contribution in [0.5, 0.6) is 0 Å². The number of benzene rings is 2. The van der Waals surface area contributed by atoms with E-state index in [0.717, 1.165) is 12.1 Å². The van der Waals surface area contributed by atoms with Crippen LogP contribution in [0.3, 0.4) is 0 Å². The molecule has 3 N–H and O–H groups in total. The lowest BCUT2D eigenvalue weighted by molar-refractivity contribution is 0.600. The van der Waals surface area contributed by atoms with Crippen LogP contribution in [0.25, 0.3) is 0 Å². The van der Waals surface area contributed by atoms with Crippen molar-refractivity contribution < 1.29 is 12.8 Å². The summed E-state index contributed by atoms with van der Waals surface area (Å²) >= 11 is 14.8. The number of hydrogen-bond donors (Lipinski definition) is 2. The second kappa shape index (κ2) is 6.00. The fourth-order valence-corrected chi connectivity index (χ4v) is 3.62. The molecule has 0 saturated heterocycles. The predicted octanol–water partition coefficient (Wildman–Crippen LogP) is 4.28. The Morgan fingerprint density at radius 3 is 2.43 bits per heavy atom. The summed E-state index contributed by atoms with van der Waals surface area (Å²) in [6, 6.07) is 6.30. The van der Waals surface area contributed by atoms with Gasteiger partial charge in [0.15, 0.2) is 0 Å². The summed E-state index contributed by atoms with van der Waals surface area (Å²) in [4.78, 5) is -0.311. The number of halogens is 4. The van der Waals surface area contributed by atoms with E-state index in [1.54, 1.807) is 0 Å². The highest BCUT2D eigenvalue weighted by atomic mass is 79.9. The minimum absolute atomic E-state index is 0.262. The highest BCUT2D eigenvalue weighted by Gasteiger charge is 2.20. The van der Waals surface area contributed by atoms with E-state index in [0.29, 0.717) is 9.50 Å². The maximum atomic E-state index is 13.2. The molecule has 0 spiro atoms. The van der Waals surface area contributed by atoms with Gasteiger partial charge in [-0.2, -0.15) is 0 Å². The van der Waals surface area contributed by atoms with E-state index in [1.165, 1.54) is 18.2 Å². The first-order valence-corrected chi connectivity index (χ1v) is 8.46. The van der Waals surface area contributed by atoms with Crippen molar-refractivity contribution in [2.75, 3.05) is 10.5 Å². The fourth-order valence-electron chi connectivity index (χ4n) is 1.52. The van der Waals surface area contributed by atoms with Crippen LogP contribution in [0.4, 0.5) is 15.8 Å². The summed E-state index contributed by atoms with van der Waals surface area (Å²) in [5.74, 6) is -0.784. The van der Waals surface area contributed by atoms with E-state index in [4.69, 9.17) is 28.9 Å². The first-order chi connectivity index (χ1) is 9.70. The lowest BCUT2D eigenvalue weighted by Crippen LogP contribution is -2.14. The van der Waals surface area contributed by atoms with Gasteiger partial charge in [0.25, 0.3) is 10.0 Å². The zero-order valence-corrected chi connectivity index (χ0v) is 14.1. The third-order valence-corrected chi connectivity index (χ3v) is 5.57. The fraction of sp³-hybridized carbons (Fsp3) is 0. The van der Waals surface area contributed by atoms with Crippen LogP contribution in [-0.2, 0) is 10.0 Å². The van der Waals surface area contributed by atoms with Crippen molar-refractivity contribution in [3.05, 3.63) is 50.7 Å². The summed E-state index contributed by atoms with van der Waals surface area (Å²) in [5, 5.41) is 0.171. The molecule has 2 aromatic rings. The minimum Gasteiger partial charge on any atom is -0.396 e. The maximum absolute atomic E-state index is 13.2. The summed E-state index contributed by atoms with van der Waals surface area (Å²) in [6.07, 6.45) is 0. The Bertz CT molecular complexity index is 815. The number of nitrogens with two attached hydrogens (primary N) is 1. The molecule has 2 aromatic carbocycles. The Labute approximate surface area is 139 Å². The summed E-state index contributed by atoms with van der Waals surface area (Å²) < 4.78 is 40.6. The normalized spacial score (nSPS) is 11.4. The molecule has 0 radical (unpaired) electrons. The van der Waals surface area contributed by atoms with E-state index >= 15 is 0 Å². The maximum Gasteiger partial charge on any atom is 0.263 e. The molecule has 0 aliphatic heterocycles. The van der Waals surface area contributed by atoms with E-state index in [9.17, 15) is 12.8 Å². The van der Waals surface area contributed by atoms with Gasteiger partial charge in [-0.15, -0.1) is 0 Å². The molecule has 112 valence electrons. The van der Waals surface area contributed by atoms with Crippen LogP contribution in [-0.4, -0.2) is 8.42 Å². The van der Waals surface area contributed by atoms with Crippen molar-refractivity contribution in [2.24, 2.45) is 0 Å². The molecule has 0 unspecified atom stereocenters. The molecule has 0 aliphatic carbocycles. The highest BCUT2D eigenvalue weighted by molar-refractivity contribution is 9.10. The molecule has 21 heavy (non-hydrogen) atoms. The Balaban J connectivity index is 2.43. The number of rotatable bonds is 3. The zero-order chi connectivity index (χ0) is 15.8. The van der Waals surface area contributed by atoms with E-state index in [2.05, 4.69) is 20.7 Å². The summed E-state index contributed by atoms with van der Waals surface area (Å²) in [5.41, 5.74) is 5.33. The average Bonchev–Trinajstić information content (AvgIpc) is 2.37. The van der Waals surface area contributed by atoms with Crippen LogP contribution in [0.15, 0.2) is 39.7 Å². The lowest BCUT2D eigenvalue weighted by atomic mass is 10.3. The molecule has 0 atom stereocenters. The van der Waals surface area contributed by atoms with Crippen molar-refractivity contribution >= 4 is 60.5 Å².